The van der Waals surface area contributed by atoms with E-state index in [0.29, 0.717) is 22.9 Å². The van der Waals surface area contributed by atoms with E-state index in [4.69, 9.17) is 4.42 Å². The van der Waals surface area contributed by atoms with Gasteiger partial charge in [0, 0.05) is 23.1 Å². The second-order valence-corrected chi connectivity index (χ2v) is 9.06. The fraction of sp³-hybridized carbons (Fsp3) is 0.476. The molecule has 28 heavy (non-hydrogen) atoms. The number of hydrogen-bond donors (Lipinski definition) is 2. The van der Waals surface area contributed by atoms with Crippen LogP contribution in [0.25, 0.3) is 22.4 Å². The molecule has 4 atom stereocenters. The maximum Gasteiger partial charge on any atom is 0.277 e. The molecule has 2 heterocycles. The SMILES string of the molecule is C[C@@H]1[C@H](C)CCC[C@@H]1NC(=O)[C@@H](C)Sc1nnc(-c2c[nH]c3ccccc23)o1. The number of thioether (sulfide) groups is 1. The molecule has 1 saturated carbocycles. The van der Waals surface area contributed by atoms with E-state index < -0.39 is 0 Å². The second kappa shape index (κ2) is 7.99. The minimum atomic E-state index is -0.291. The van der Waals surface area contributed by atoms with Crippen molar-refractivity contribution < 1.29 is 9.21 Å². The van der Waals surface area contributed by atoms with Crippen LogP contribution in [0, 0.1) is 11.8 Å². The van der Waals surface area contributed by atoms with Crippen molar-refractivity contribution in [1.29, 1.82) is 0 Å². The fourth-order valence-corrected chi connectivity index (χ4v) is 4.60. The Bertz CT molecular complexity index is 966. The van der Waals surface area contributed by atoms with Gasteiger partial charge in [-0.05, 0) is 31.2 Å². The van der Waals surface area contributed by atoms with Gasteiger partial charge in [0.05, 0.1) is 10.8 Å². The van der Waals surface area contributed by atoms with E-state index in [-0.39, 0.29) is 17.2 Å². The number of rotatable bonds is 5. The molecule has 6 nitrogen and oxygen atoms in total. The number of carbonyl (C=O) groups excluding carboxylic acids is 1. The molecule has 1 aliphatic rings. The van der Waals surface area contributed by atoms with Crippen molar-refractivity contribution in [3.63, 3.8) is 0 Å². The van der Waals surface area contributed by atoms with Gasteiger partial charge in [0.1, 0.15) is 0 Å². The summed E-state index contributed by atoms with van der Waals surface area (Å²) >= 11 is 1.30. The van der Waals surface area contributed by atoms with E-state index in [1.807, 2.05) is 37.4 Å². The third-order valence-corrected chi connectivity index (χ3v) is 6.84. The molecule has 0 spiro atoms. The lowest BCUT2D eigenvalue weighted by Gasteiger charge is -2.35. The van der Waals surface area contributed by atoms with Crippen molar-refractivity contribution in [3.05, 3.63) is 30.5 Å². The van der Waals surface area contributed by atoms with E-state index in [9.17, 15) is 4.79 Å². The van der Waals surface area contributed by atoms with Gasteiger partial charge in [-0.1, -0.05) is 56.7 Å². The first kappa shape index (κ1) is 19.1. The monoisotopic (exact) mass is 398 g/mol. The Balaban J connectivity index is 1.41. The number of para-hydroxylation sites is 1. The molecule has 7 heteroatoms. The second-order valence-electron chi connectivity index (χ2n) is 7.76. The Kier molecular flexibility index (Phi) is 5.44. The van der Waals surface area contributed by atoms with Crippen LogP contribution in [-0.4, -0.2) is 32.4 Å². The van der Waals surface area contributed by atoms with Gasteiger partial charge >= 0.3 is 0 Å². The summed E-state index contributed by atoms with van der Waals surface area (Å²) in [5.74, 6) is 1.65. The molecule has 0 unspecified atom stereocenters. The van der Waals surface area contributed by atoms with Gasteiger partial charge in [0.25, 0.3) is 11.1 Å². The number of carbonyl (C=O) groups is 1. The van der Waals surface area contributed by atoms with Gasteiger partial charge in [-0.3, -0.25) is 4.79 Å². The number of aromatic nitrogens is 3. The Hall–Kier alpha value is -2.28. The van der Waals surface area contributed by atoms with Gasteiger partial charge < -0.3 is 14.7 Å². The highest BCUT2D eigenvalue weighted by Gasteiger charge is 2.30. The smallest absolute Gasteiger partial charge is 0.277 e. The quantitative estimate of drug-likeness (QED) is 0.612. The molecule has 0 saturated heterocycles. The maximum absolute atomic E-state index is 12.7. The fourth-order valence-electron chi connectivity index (χ4n) is 3.91. The number of aromatic amines is 1. The van der Waals surface area contributed by atoms with Crippen LogP contribution in [0.2, 0.25) is 0 Å². The Labute approximate surface area is 168 Å². The molecule has 1 fully saturated rings. The molecular weight excluding hydrogens is 372 g/mol. The third kappa shape index (κ3) is 3.81. The van der Waals surface area contributed by atoms with Gasteiger partial charge in [-0.15, -0.1) is 10.2 Å². The normalized spacial score (nSPS) is 23.6. The minimum Gasteiger partial charge on any atom is -0.411 e. The molecule has 2 aromatic heterocycles. The van der Waals surface area contributed by atoms with Crippen molar-refractivity contribution in [3.8, 4) is 11.5 Å². The number of fused-ring (bicyclic) bond motifs is 1. The standard InChI is InChI=1S/C21H26N4O2S/c1-12-7-6-10-17(13(12)2)23-19(26)14(3)28-21-25-24-20(27-21)16-11-22-18-9-5-4-8-15(16)18/h4-5,8-9,11-14,17,22H,6-7,10H2,1-3H3,(H,23,26)/t12-,13-,14-,17+/m1/s1. The summed E-state index contributed by atoms with van der Waals surface area (Å²) in [6.45, 7) is 6.39. The average molecular weight is 399 g/mol. The summed E-state index contributed by atoms with van der Waals surface area (Å²) in [5.41, 5.74) is 1.89. The van der Waals surface area contributed by atoms with Crippen LogP contribution in [0.4, 0.5) is 0 Å². The predicted molar refractivity (Wildman–Crippen MR) is 111 cm³/mol. The molecule has 0 aliphatic heterocycles. The highest BCUT2D eigenvalue weighted by atomic mass is 32.2. The van der Waals surface area contributed by atoms with Crippen LogP contribution in [0.3, 0.4) is 0 Å². The summed E-state index contributed by atoms with van der Waals surface area (Å²) in [5, 5.41) is 12.7. The summed E-state index contributed by atoms with van der Waals surface area (Å²) in [6, 6.07) is 8.23. The molecule has 0 radical (unpaired) electrons. The molecule has 1 aromatic carbocycles. The van der Waals surface area contributed by atoms with Crippen LogP contribution in [0.15, 0.2) is 40.1 Å². The molecular formula is C21H26N4O2S. The summed E-state index contributed by atoms with van der Waals surface area (Å²) in [7, 11) is 0. The molecule has 1 amide bonds. The van der Waals surface area contributed by atoms with Crippen LogP contribution >= 0.6 is 11.8 Å². The first-order chi connectivity index (χ1) is 13.5. The van der Waals surface area contributed by atoms with E-state index in [0.717, 1.165) is 22.9 Å². The highest BCUT2D eigenvalue weighted by Crippen LogP contribution is 2.32. The number of nitrogens with zero attached hydrogens (tertiary/aromatic N) is 2. The zero-order valence-corrected chi connectivity index (χ0v) is 17.3. The van der Waals surface area contributed by atoms with Crippen molar-refractivity contribution in [2.24, 2.45) is 11.8 Å². The Morgan fingerprint density at radius 2 is 2.11 bits per heavy atom. The lowest BCUT2D eigenvalue weighted by molar-refractivity contribution is -0.121. The van der Waals surface area contributed by atoms with Crippen LogP contribution in [0.1, 0.15) is 40.0 Å². The molecule has 2 N–H and O–H groups in total. The summed E-state index contributed by atoms with van der Waals surface area (Å²) in [6.07, 6.45) is 5.35. The number of benzene rings is 1. The minimum absolute atomic E-state index is 0.0304. The molecule has 1 aliphatic carbocycles. The van der Waals surface area contributed by atoms with Crippen LogP contribution in [0.5, 0.6) is 0 Å². The largest absolute Gasteiger partial charge is 0.411 e. The maximum atomic E-state index is 12.7. The molecule has 148 valence electrons. The molecule has 3 aromatic rings. The van der Waals surface area contributed by atoms with E-state index in [1.54, 1.807) is 0 Å². The lowest BCUT2D eigenvalue weighted by Crippen LogP contribution is -2.46. The number of amides is 1. The van der Waals surface area contributed by atoms with Gasteiger partial charge in [-0.2, -0.15) is 0 Å². The van der Waals surface area contributed by atoms with Gasteiger partial charge in [-0.25, -0.2) is 0 Å². The van der Waals surface area contributed by atoms with Crippen LogP contribution < -0.4 is 5.32 Å². The van der Waals surface area contributed by atoms with Crippen molar-refractivity contribution >= 4 is 28.6 Å². The number of hydrogen-bond acceptors (Lipinski definition) is 5. The van der Waals surface area contributed by atoms with Gasteiger partial charge in [0.15, 0.2) is 0 Å². The lowest BCUT2D eigenvalue weighted by atomic mass is 9.78. The van der Waals surface area contributed by atoms with Crippen molar-refractivity contribution in [1.82, 2.24) is 20.5 Å². The topological polar surface area (TPSA) is 83.8 Å². The Morgan fingerprint density at radius 3 is 2.96 bits per heavy atom. The number of nitrogens with one attached hydrogen (secondary N) is 2. The Morgan fingerprint density at radius 1 is 1.29 bits per heavy atom. The molecule has 0 bridgehead atoms. The van der Waals surface area contributed by atoms with E-state index in [2.05, 4.69) is 34.3 Å². The van der Waals surface area contributed by atoms with Crippen molar-refractivity contribution in [2.45, 2.75) is 56.5 Å². The summed E-state index contributed by atoms with van der Waals surface area (Å²) in [4.78, 5) is 15.9. The van der Waals surface area contributed by atoms with Crippen molar-refractivity contribution in [2.75, 3.05) is 0 Å². The van der Waals surface area contributed by atoms with Gasteiger partial charge in [0.2, 0.25) is 5.91 Å². The average Bonchev–Trinajstić information content (AvgIpc) is 3.32. The first-order valence-electron chi connectivity index (χ1n) is 9.90. The van der Waals surface area contributed by atoms with Crippen LogP contribution in [-0.2, 0) is 4.79 Å². The van der Waals surface area contributed by atoms with E-state index in [1.165, 1.54) is 24.6 Å². The molecule has 4 rings (SSSR count). The third-order valence-electron chi connectivity index (χ3n) is 5.91. The first-order valence-corrected chi connectivity index (χ1v) is 10.8. The summed E-state index contributed by atoms with van der Waals surface area (Å²) < 4.78 is 5.83. The van der Waals surface area contributed by atoms with E-state index >= 15 is 0 Å². The zero-order chi connectivity index (χ0) is 19.7. The zero-order valence-electron chi connectivity index (χ0n) is 16.4. The predicted octanol–water partition coefficient (Wildman–Crippen LogP) is 4.64. The highest BCUT2D eigenvalue weighted by molar-refractivity contribution is 8.00. The number of H-pyrrole nitrogens is 1.